The van der Waals surface area contributed by atoms with Gasteiger partial charge in [0.15, 0.2) is 0 Å². The summed E-state index contributed by atoms with van der Waals surface area (Å²) in [6.07, 6.45) is 3.30. The van der Waals surface area contributed by atoms with Crippen molar-refractivity contribution >= 4 is 10.0 Å². The lowest BCUT2D eigenvalue weighted by atomic mass is 10.3. The van der Waals surface area contributed by atoms with E-state index in [1.807, 2.05) is 0 Å². The molecule has 0 radical (unpaired) electrons. The fourth-order valence-corrected chi connectivity index (χ4v) is 4.05. The Bertz CT molecular complexity index is 371. The van der Waals surface area contributed by atoms with Crippen LogP contribution in [0.15, 0.2) is 0 Å². The van der Waals surface area contributed by atoms with Crippen molar-refractivity contribution in [2.75, 3.05) is 38.5 Å². The molecule has 1 saturated heterocycles. The van der Waals surface area contributed by atoms with Crippen LogP contribution in [0.2, 0.25) is 0 Å². The normalized spacial score (nSPS) is 23.1. The lowest BCUT2D eigenvalue weighted by molar-refractivity contribution is 0.180. The minimum absolute atomic E-state index is 0.274. The van der Waals surface area contributed by atoms with Crippen LogP contribution in [-0.2, 0) is 10.0 Å². The largest absolute Gasteiger partial charge is 0.314 e. The van der Waals surface area contributed by atoms with Crippen molar-refractivity contribution in [1.29, 1.82) is 0 Å². The lowest BCUT2D eigenvalue weighted by Gasteiger charge is -2.34. The molecule has 0 aromatic heterocycles. The number of nitrogens with zero attached hydrogens (tertiary/aromatic N) is 2. The molecule has 1 aliphatic heterocycles. The molecule has 0 atom stereocenters. The first-order valence-corrected chi connectivity index (χ1v) is 9.05. The van der Waals surface area contributed by atoms with E-state index in [0.717, 1.165) is 25.7 Å². The highest BCUT2D eigenvalue weighted by atomic mass is 32.2. The summed E-state index contributed by atoms with van der Waals surface area (Å²) in [4.78, 5) is 2.44. The quantitative estimate of drug-likeness (QED) is 0.693. The molecule has 0 aromatic carbocycles. The van der Waals surface area contributed by atoms with Crippen LogP contribution in [-0.4, -0.2) is 68.2 Å². The van der Waals surface area contributed by atoms with E-state index in [9.17, 15) is 8.42 Å². The molecule has 1 saturated carbocycles. The number of hydrogen-bond donors (Lipinski definition) is 1. The zero-order chi connectivity index (χ0) is 13.9. The first-order chi connectivity index (χ1) is 8.99. The summed E-state index contributed by atoms with van der Waals surface area (Å²) < 4.78 is 26.1. The number of piperazine rings is 1. The van der Waals surface area contributed by atoms with E-state index in [4.69, 9.17) is 0 Å². The van der Waals surface area contributed by atoms with Gasteiger partial charge in [0, 0.05) is 38.3 Å². The molecule has 19 heavy (non-hydrogen) atoms. The van der Waals surface area contributed by atoms with Gasteiger partial charge in [-0.2, -0.15) is 4.31 Å². The maximum absolute atomic E-state index is 12.2. The Labute approximate surface area is 117 Å². The van der Waals surface area contributed by atoms with Gasteiger partial charge in [-0.1, -0.05) is 13.8 Å². The summed E-state index contributed by atoms with van der Waals surface area (Å²) in [5.41, 5.74) is 0. The lowest BCUT2D eigenvalue weighted by Crippen LogP contribution is -2.50. The van der Waals surface area contributed by atoms with Gasteiger partial charge in [0.05, 0.1) is 5.75 Å². The van der Waals surface area contributed by atoms with Crippen molar-refractivity contribution in [3.63, 3.8) is 0 Å². The van der Waals surface area contributed by atoms with Crippen molar-refractivity contribution in [2.45, 2.75) is 45.2 Å². The van der Waals surface area contributed by atoms with E-state index in [-0.39, 0.29) is 5.75 Å². The van der Waals surface area contributed by atoms with E-state index >= 15 is 0 Å². The molecule has 112 valence electrons. The molecule has 1 aliphatic carbocycles. The van der Waals surface area contributed by atoms with Crippen LogP contribution in [0.3, 0.4) is 0 Å². The van der Waals surface area contributed by atoms with Crippen LogP contribution in [0.4, 0.5) is 0 Å². The molecule has 1 N–H and O–H groups in total. The van der Waals surface area contributed by atoms with Gasteiger partial charge in [0.1, 0.15) is 0 Å². The van der Waals surface area contributed by atoms with E-state index in [1.54, 1.807) is 4.31 Å². The summed E-state index contributed by atoms with van der Waals surface area (Å²) in [5, 5.41) is 3.26. The monoisotopic (exact) mass is 289 g/mol. The Morgan fingerprint density at radius 2 is 1.79 bits per heavy atom. The van der Waals surface area contributed by atoms with E-state index in [1.165, 1.54) is 12.8 Å². The third kappa shape index (κ3) is 4.70. The van der Waals surface area contributed by atoms with Crippen LogP contribution in [0.1, 0.15) is 33.1 Å². The first kappa shape index (κ1) is 15.2. The van der Waals surface area contributed by atoms with Crippen LogP contribution in [0.25, 0.3) is 0 Å². The maximum atomic E-state index is 12.2. The van der Waals surface area contributed by atoms with Crippen LogP contribution in [0, 0.1) is 0 Å². The molecule has 0 unspecified atom stereocenters. The average molecular weight is 289 g/mol. The van der Waals surface area contributed by atoms with Crippen molar-refractivity contribution in [3.8, 4) is 0 Å². The third-order valence-corrected chi connectivity index (χ3v) is 5.82. The minimum Gasteiger partial charge on any atom is -0.314 e. The van der Waals surface area contributed by atoms with E-state index < -0.39 is 10.0 Å². The van der Waals surface area contributed by atoms with Gasteiger partial charge < -0.3 is 5.32 Å². The summed E-state index contributed by atoms with van der Waals surface area (Å²) in [7, 11) is -3.04. The second-order valence-corrected chi connectivity index (χ2v) is 8.03. The smallest absolute Gasteiger partial charge is 0.214 e. The van der Waals surface area contributed by atoms with E-state index in [0.29, 0.717) is 25.6 Å². The molecule has 2 fully saturated rings. The van der Waals surface area contributed by atoms with Gasteiger partial charge in [-0.3, -0.25) is 4.90 Å². The molecule has 0 spiro atoms. The molecule has 0 aromatic rings. The van der Waals surface area contributed by atoms with Gasteiger partial charge in [-0.15, -0.1) is 0 Å². The van der Waals surface area contributed by atoms with Gasteiger partial charge in [-0.25, -0.2) is 8.42 Å². The summed E-state index contributed by atoms with van der Waals surface area (Å²) >= 11 is 0. The fraction of sp³-hybridized carbons (Fsp3) is 1.00. The molecule has 2 aliphatic rings. The van der Waals surface area contributed by atoms with Crippen molar-refractivity contribution < 1.29 is 8.42 Å². The first-order valence-electron chi connectivity index (χ1n) is 7.44. The summed E-state index contributed by atoms with van der Waals surface area (Å²) in [5.74, 6) is 0.274. The van der Waals surface area contributed by atoms with Crippen LogP contribution < -0.4 is 5.32 Å². The molecular formula is C13H27N3O2S. The standard InChI is InChI=1S/C13H27N3O2S/c1-12(2)14-6-3-11-19(17,18)16-9-7-15(8-10-16)13-4-5-13/h12-14H,3-11H2,1-2H3. The van der Waals surface area contributed by atoms with Crippen molar-refractivity contribution in [1.82, 2.24) is 14.5 Å². The highest BCUT2D eigenvalue weighted by Crippen LogP contribution is 2.27. The van der Waals surface area contributed by atoms with Gasteiger partial charge >= 0.3 is 0 Å². The SMILES string of the molecule is CC(C)NCCCS(=O)(=O)N1CCN(C2CC2)CC1. The molecule has 0 amide bonds. The molecule has 5 nitrogen and oxygen atoms in total. The zero-order valence-electron chi connectivity index (χ0n) is 12.1. The minimum atomic E-state index is -3.04. The van der Waals surface area contributed by atoms with Gasteiger partial charge in [0.2, 0.25) is 10.0 Å². The topological polar surface area (TPSA) is 52.7 Å². The van der Waals surface area contributed by atoms with Gasteiger partial charge in [-0.05, 0) is 25.8 Å². The third-order valence-electron chi connectivity index (χ3n) is 3.86. The Hall–Kier alpha value is -0.170. The zero-order valence-corrected chi connectivity index (χ0v) is 13.0. The Balaban J connectivity index is 1.70. The molecule has 6 heteroatoms. The van der Waals surface area contributed by atoms with Crippen LogP contribution in [0.5, 0.6) is 0 Å². The van der Waals surface area contributed by atoms with Gasteiger partial charge in [0.25, 0.3) is 0 Å². The highest BCUT2D eigenvalue weighted by molar-refractivity contribution is 7.89. The highest BCUT2D eigenvalue weighted by Gasteiger charge is 2.33. The van der Waals surface area contributed by atoms with Crippen LogP contribution >= 0.6 is 0 Å². The average Bonchev–Trinajstić information content (AvgIpc) is 3.19. The number of nitrogens with one attached hydrogen (secondary N) is 1. The van der Waals surface area contributed by atoms with E-state index in [2.05, 4.69) is 24.1 Å². The molecular weight excluding hydrogens is 262 g/mol. The molecule has 0 bridgehead atoms. The predicted octanol–water partition coefficient (Wildman–Crippen LogP) is 0.484. The second kappa shape index (κ2) is 6.52. The number of hydrogen-bond acceptors (Lipinski definition) is 4. The Morgan fingerprint density at radius 3 is 2.32 bits per heavy atom. The summed E-state index contributed by atoms with van der Waals surface area (Å²) in [6, 6.07) is 1.17. The molecule has 1 heterocycles. The Morgan fingerprint density at radius 1 is 1.16 bits per heavy atom. The van der Waals surface area contributed by atoms with Crippen molar-refractivity contribution in [3.05, 3.63) is 0 Å². The number of rotatable bonds is 7. The molecule has 2 rings (SSSR count). The maximum Gasteiger partial charge on any atom is 0.214 e. The van der Waals surface area contributed by atoms with Crippen molar-refractivity contribution in [2.24, 2.45) is 0 Å². The summed E-state index contributed by atoms with van der Waals surface area (Å²) in [6.45, 7) is 8.10. The Kier molecular flexibility index (Phi) is 5.22. The number of sulfonamides is 1. The predicted molar refractivity (Wildman–Crippen MR) is 77.7 cm³/mol. The second-order valence-electron chi connectivity index (χ2n) is 5.94. The fourth-order valence-electron chi connectivity index (χ4n) is 2.56.